The van der Waals surface area contributed by atoms with Gasteiger partial charge in [-0.2, -0.15) is 13.2 Å². The third-order valence-electron chi connectivity index (χ3n) is 1.95. The van der Waals surface area contributed by atoms with Crippen molar-refractivity contribution in [2.75, 3.05) is 19.8 Å². The molecule has 1 aliphatic rings. The van der Waals surface area contributed by atoms with Crippen LogP contribution in [0.15, 0.2) is 0 Å². The summed E-state index contributed by atoms with van der Waals surface area (Å²) in [6.07, 6.45) is -6.24. The van der Waals surface area contributed by atoms with E-state index in [1.54, 1.807) is 6.92 Å². The highest BCUT2D eigenvalue weighted by Gasteiger charge is 2.44. The Morgan fingerprint density at radius 1 is 1.60 bits per heavy atom. The third kappa shape index (κ3) is 3.35. The standard InChI is InChI=1S/C8H12F3NO3/c1-2-14-7(13)5-4-15-6(3-12-5)8(9,10)11/h5-6,12H,2-4H2,1H3/t5-,6+/m0/s1. The van der Waals surface area contributed by atoms with Crippen LogP contribution < -0.4 is 5.32 Å². The number of hydrogen-bond acceptors (Lipinski definition) is 4. The first-order valence-corrected chi connectivity index (χ1v) is 4.53. The molecular formula is C8H12F3NO3. The third-order valence-corrected chi connectivity index (χ3v) is 1.95. The van der Waals surface area contributed by atoms with Crippen molar-refractivity contribution in [1.82, 2.24) is 5.32 Å². The van der Waals surface area contributed by atoms with Crippen LogP contribution in [0.25, 0.3) is 0 Å². The second-order valence-corrected chi connectivity index (χ2v) is 3.08. The fourth-order valence-corrected chi connectivity index (χ4v) is 1.18. The summed E-state index contributed by atoms with van der Waals surface area (Å²) in [5.41, 5.74) is 0. The minimum atomic E-state index is -4.40. The second kappa shape index (κ2) is 4.80. The average Bonchev–Trinajstić information content (AvgIpc) is 2.17. The van der Waals surface area contributed by atoms with Gasteiger partial charge in [0.15, 0.2) is 6.10 Å². The highest BCUT2D eigenvalue weighted by Crippen LogP contribution is 2.24. The van der Waals surface area contributed by atoms with Crippen LogP contribution in [0, 0.1) is 0 Å². The number of ether oxygens (including phenoxy) is 2. The van der Waals surface area contributed by atoms with Crippen LogP contribution in [0.4, 0.5) is 13.2 Å². The number of esters is 1. The van der Waals surface area contributed by atoms with E-state index in [1.807, 2.05) is 0 Å². The Morgan fingerprint density at radius 3 is 2.67 bits per heavy atom. The highest BCUT2D eigenvalue weighted by atomic mass is 19.4. The Labute approximate surface area is 84.7 Å². The number of morpholine rings is 1. The predicted octanol–water partition coefficient (Wildman–Crippen LogP) is 0.469. The van der Waals surface area contributed by atoms with Gasteiger partial charge in [-0.3, -0.25) is 10.1 Å². The van der Waals surface area contributed by atoms with Crippen LogP contribution >= 0.6 is 0 Å². The number of nitrogens with one attached hydrogen (secondary N) is 1. The lowest BCUT2D eigenvalue weighted by molar-refractivity contribution is -0.230. The van der Waals surface area contributed by atoms with Gasteiger partial charge in [0.05, 0.1) is 13.2 Å². The van der Waals surface area contributed by atoms with Crippen molar-refractivity contribution in [2.24, 2.45) is 0 Å². The molecular weight excluding hydrogens is 215 g/mol. The fraction of sp³-hybridized carbons (Fsp3) is 0.875. The molecule has 0 unspecified atom stereocenters. The summed E-state index contributed by atoms with van der Waals surface area (Å²) >= 11 is 0. The van der Waals surface area contributed by atoms with Crippen molar-refractivity contribution in [3.05, 3.63) is 0 Å². The van der Waals surface area contributed by atoms with Crippen molar-refractivity contribution in [1.29, 1.82) is 0 Å². The fourth-order valence-electron chi connectivity index (χ4n) is 1.18. The molecule has 0 spiro atoms. The number of rotatable bonds is 2. The lowest BCUT2D eigenvalue weighted by Crippen LogP contribution is -2.55. The van der Waals surface area contributed by atoms with Crippen molar-refractivity contribution >= 4 is 5.97 Å². The lowest BCUT2D eigenvalue weighted by Gasteiger charge is -2.30. The molecule has 7 heteroatoms. The van der Waals surface area contributed by atoms with Crippen molar-refractivity contribution in [3.63, 3.8) is 0 Å². The first kappa shape index (κ1) is 12.3. The summed E-state index contributed by atoms with van der Waals surface area (Å²) in [6.45, 7) is 1.08. The minimum absolute atomic E-state index is 0.194. The van der Waals surface area contributed by atoms with Gasteiger partial charge in [-0.15, -0.1) is 0 Å². The molecule has 0 saturated carbocycles. The first-order chi connectivity index (χ1) is 6.95. The normalized spacial score (nSPS) is 27.5. The Hall–Kier alpha value is -0.820. The van der Waals surface area contributed by atoms with Gasteiger partial charge in [-0.25, -0.2) is 0 Å². The zero-order valence-electron chi connectivity index (χ0n) is 8.13. The quantitative estimate of drug-likeness (QED) is 0.696. The zero-order chi connectivity index (χ0) is 11.5. The van der Waals surface area contributed by atoms with Crippen LogP contribution in [0.3, 0.4) is 0 Å². The van der Waals surface area contributed by atoms with E-state index in [0.717, 1.165) is 0 Å². The predicted molar refractivity (Wildman–Crippen MR) is 44.2 cm³/mol. The molecule has 1 N–H and O–H groups in total. The molecule has 4 nitrogen and oxygen atoms in total. The van der Waals surface area contributed by atoms with E-state index in [9.17, 15) is 18.0 Å². The molecule has 0 radical (unpaired) electrons. The van der Waals surface area contributed by atoms with E-state index < -0.39 is 30.8 Å². The molecule has 1 fully saturated rings. The molecule has 1 aliphatic heterocycles. The molecule has 1 saturated heterocycles. The molecule has 0 amide bonds. The number of alkyl halides is 3. The van der Waals surface area contributed by atoms with Gasteiger partial charge in [0.1, 0.15) is 6.04 Å². The Balaban J connectivity index is 2.39. The van der Waals surface area contributed by atoms with E-state index >= 15 is 0 Å². The number of halogens is 3. The van der Waals surface area contributed by atoms with Gasteiger partial charge < -0.3 is 9.47 Å². The van der Waals surface area contributed by atoms with Gasteiger partial charge in [0.2, 0.25) is 0 Å². The maximum absolute atomic E-state index is 12.1. The van der Waals surface area contributed by atoms with Crippen LogP contribution in [-0.4, -0.2) is 44.0 Å². The smallest absolute Gasteiger partial charge is 0.415 e. The minimum Gasteiger partial charge on any atom is -0.465 e. The summed E-state index contributed by atoms with van der Waals surface area (Å²) in [7, 11) is 0. The number of carbonyl (C=O) groups excluding carboxylic acids is 1. The monoisotopic (exact) mass is 227 g/mol. The van der Waals surface area contributed by atoms with Crippen LogP contribution in [0.1, 0.15) is 6.92 Å². The molecule has 0 aromatic carbocycles. The van der Waals surface area contributed by atoms with E-state index in [1.165, 1.54) is 0 Å². The molecule has 0 aliphatic carbocycles. The number of carbonyl (C=O) groups is 1. The van der Waals surface area contributed by atoms with Crippen LogP contribution in [0.2, 0.25) is 0 Å². The lowest BCUT2D eigenvalue weighted by atomic mass is 10.2. The SMILES string of the molecule is CCOC(=O)[C@@H]1CO[C@@H](C(F)(F)F)CN1. The van der Waals surface area contributed by atoms with Gasteiger partial charge in [0.25, 0.3) is 0 Å². The molecule has 0 aromatic heterocycles. The molecule has 0 aromatic rings. The van der Waals surface area contributed by atoms with Crippen molar-refractivity contribution < 1.29 is 27.4 Å². The molecule has 2 atom stereocenters. The Morgan fingerprint density at radius 2 is 2.27 bits per heavy atom. The summed E-state index contributed by atoms with van der Waals surface area (Å²) in [6, 6.07) is -0.802. The van der Waals surface area contributed by atoms with E-state index in [-0.39, 0.29) is 13.2 Å². The molecule has 88 valence electrons. The first-order valence-electron chi connectivity index (χ1n) is 4.53. The maximum atomic E-state index is 12.1. The van der Waals surface area contributed by atoms with Crippen LogP contribution in [-0.2, 0) is 14.3 Å². The average molecular weight is 227 g/mol. The Kier molecular flexibility index (Phi) is 3.92. The van der Waals surface area contributed by atoms with E-state index in [4.69, 9.17) is 0 Å². The van der Waals surface area contributed by atoms with Crippen LogP contribution in [0.5, 0.6) is 0 Å². The summed E-state index contributed by atoms with van der Waals surface area (Å²) in [5, 5.41) is 2.44. The topological polar surface area (TPSA) is 47.6 Å². The van der Waals surface area contributed by atoms with E-state index in [0.29, 0.717) is 0 Å². The Bertz CT molecular complexity index is 224. The van der Waals surface area contributed by atoms with Gasteiger partial charge >= 0.3 is 12.1 Å². The van der Waals surface area contributed by atoms with Gasteiger partial charge in [-0.1, -0.05) is 0 Å². The van der Waals surface area contributed by atoms with E-state index in [2.05, 4.69) is 14.8 Å². The molecule has 1 heterocycles. The molecule has 15 heavy (non-hydrogen) atoms. The summed E-state index contributed by atoms with van der Waals surface area (Å²) in [4.78, 5) is 11.1. The summed E-state index contributed by atoms with van der Waals surface area (Å²) in [5.74, 6) is -0.585. The highest BCUT2D eigenvalue weighted by molar-refractivity contribution is 5.76. The number of hydrogen-bond donors (Lipinski definition) is 1. The van der Waals surface area contributed by atoms with Gasteiger partial charge in [0, 0.05) is 6.54 Å². The zero-order valence-corrected chi connectivity index (χ0v) is 8.13. The largest absolute Gasteiger partial charge is 0.465 e. The molecule has 0 bridgehead atoms. The van der Waals surface area contributed by atoms with Crippen molar-refractivity contribution in [3.8, 4) is 0 Å². The van der Waals surface area contributed by atoms with Gasteiger partial charge in [-0.05, 0) is 6.92 Å². The summed E-state index contributed by atoms with van der Waals surface area (Å²) < 4.78 is 45.6. The molecule has 1 rings (SSSR count). The van der Waals surface area contributed by atoms with Crippen molar-refractivity contribution in [2.45, 2.75) is 25.2 Å². The maximum Gasteiger partial charge on any atom is 0.415 e. The second-order valence-electron chi connectivity index (χ2n) is 3.08.